The molecular formula is C13H28Cl3N3O2. The lowest BCUT2D eigenvalue weighted by Gasteiger charge is -2.32. The van der Waals surface area contributed by atoms with E-state index in [1.165, 1.54) is 33.0 Å². The Morgan fingerprint density at radius 1 is 1.10 bits per heavy atom. The lowest BCUT2D eigenvalue weighted by molar-refractivity contribution is -0.194. The maximum absolute atomic E-state index is 10.8. The van der Waals surface area contributed by atoms with Crippen molar-refractivity contribution < 1.29 is 9.63 Å². The molecule has 2 aliphatic rings. The van der Waals surface area contributed by atoms with Crippen LogP contribution in [0.3, 0.4) is 0 Å². The van der Waals surface area contributed by atoms with Crippen LogP contribution in [0.2, 0.25) is 0 Å². The van der Waals surface area contributed by atoms with Gasteiger partial charge in [-0.2, -0.15) is 0 Å². The summed E-state index contributed by atoms with van der Waals surface area (Å²) in [6.07, 6.45) is 3.59. The zero-order chi connectivity index (χ0) is 12.8. The van der Waals surface area contributed by atoms with Gasteiger partial charge in [0.15, 0.2) is 0 Å². The molecule has 2 fully saturated rings. The van der Waals surface area contributed by atoms with Crippen molar-refractivity contribution in [3.8, 4) is 0 Å². The van der Waals surface area contributed by atoms with E-state index in [4.69, 9.17) is 4.84 Å². The molecule has 0 aromatic rings. The molecule has 0 amide bonds. The van der Waals surface area contributed by atoms with Gasteiger partial charge in [-0.1, -0.05) is 0 Å². The Labute approximate surface area is 146 Å². The highest BCUT2D eigenvalue weighted by Gasteiger charge is 2.21. The fourth-order valence-corrected chi connectivity index (χ4v) is 2.77. The summed E-state index contributed by atoms with van der Waals surface area (Å²) in [4.78, 5) is 18.5. The second-order valence-electron chi connectivity index (χ2n) is 5.34. The SMILES string of the molecule is CC(=O)ON1CCC(CCN2CCNCC2)CC1.Cl.Cl.Cl. The predicted molar refractivity (Wildman–Crippen MR) is 91.7 cm³/mol. The number of nitrogens with one attached hydrogen (secondary N) is 1. The number of nitrogens with zero attached hydrogens (tertiary/aromatic N) is 2. The Morgan fingerprint density at radius 3 is 2.19 bits per heavy atom. The van der Waals surface area contributed by atoms with Gasteiger partial charge in [-0.3, -0.25) is 4.79 Å². The molecule has 2 aliphatic heterocycles. The van der Waals surface area contributed by atoms with Crippen molar-refractivity contribution >= 4 is 43.2 Å². The van der Waals surface area contributed by atoms with E-state index in [0.29, 0.717) is 0 Å². The molecule has 2 rings (SSSR count). The third-order valence-electron chi connectivity index (χ3n) is 3.89. The molecule has 2 heterocycles. The molecule has 128 valence electrons. The molecule has 2 saturated heterocycles. The average molecular weight is 365 g/mol. The Morgan fingerprint density at radius 2 is 1.67 bits per heavy atom. The zero-order valence-electron chi connectivity index (χ0n) is 12.6. The molecule has 21 heavy (non-hydrogen) atoms. The number of rotatable bonds is 4. The number of halogens is 3. The fraction of sp³-hybridized carbons (Fsp3) is 0.923. The monoisotopic (exact) mass is 363 g/mol. The van der Waals surface area contributed by atoms with Gasteiger partial charge in [0.05, 0.1) is 0 Å². The number of hydroxylamine groups is 2. The largest absolute Gasteiger partial charge is 0.368 e. The maximum Gasteiger partial charge on any atom is 0.322 e. The fourth-order valence-electron chi connectivity index (χ4n) is 2.77. The minimum Gasteiger partial charge on any atom is -0.368 e. The molecular weight excluding hydrogens is 337 g/mol. The topological polar surface area (TPSA) is 44.8 Å². The van der Waals surface area contributed by atoms with Crippen LogP contribution in [0.1, 0.15) is 26.2 Å². The first kappa shape index (κ1) is 23.5. The molecule has 0 radical (unpaired) electrons. The Kier molecular flexibility index (Phi) is 14.2. The summed E-state index contributed by atoms with van der Waals surface area (Å²) in [5, 5.41) is 5.19. The second-order valence-corrected chi connectivity index (χ2v) is 5.34. The van der Waals surface area contributed by atoms with Crippen LogP contribution < -0.4 is 5.32 Å². The number of carbonyl (C=O) groups excluding carboxylic acids is 1. The van der Waals surface area contributed by atoms with Crippen molar-refractivity contribution in [2.24, 2.45) is 5.92 Å². The molecule has 0 aromatic carbocycles. The number of hydrogen-bond acceptors (Lipinski definition) is 5. The standard InChI is InChI=1S/C13H25N3O2.3ClH/c1-12(17)18-16-8-3-13(4-9-16)2-7-15-10-5-14-6-11-15;;;/h13-14H,2-11H2,1H3;3*1H. The average Bonchev–Trinajstić information content (AvgIpc) is 2.38. The lowest BCUT2D eigenvalue weighted by Crippen LogP contribution is -2.44. The van der Waals surface area contributed by atoms with E-state index >= 15 is 0 Å². The number of carbonyl (C=O) groups is 1. The first-order chi connectivity index (χ1) is 8.74. The number of piperidine rings is 1. The summed E-state index contributed by atoms with van der Waals surface area (Å²) in [5.41, 5.74) is 0. The minimum atomic E-state index is -0.200. The van der Waals surface area contributed by atoms with Gasteiger partial charge in [0.2, 0.25) is 0 Å². The number of piperazine rings is 1. The molecule has 0 unspecified atom stereocenters. The highest BCUT2D eigenvalue weighted by Crippen LogP contribution is 2.21. The Balaban J connectivity index is 0. The van der Waals surface area contributed by atoms with E-state index in [-0.39, 0.29) is 43.2 Å². The normalized spacial score (nSPS) is 20.6. The van der Waals surface area contributed by atoms with E-state index in [2.05, 4.69) is 10.2 Å². The van der Waals surface area contributed by atoms with Gasteiger partial charge in [0.25, 0.3) is 0 Å². The van der Waals surface area contributed by atoms with Crippen LogP contribution in [0, 0.1) is 5.92 Å². The van der Waals surface area contributed by atoms with E-state index in [0.717, 1.165) is 44.9 Å². The van der Waals surface area contributed by atoms with Gasteiger partial charge in [0, 0.05) is 46.2 Å². The maximum atomic E-state index is 10.8. The van der Waals surface area contributed by atoms with Crippen molar-refractivity contribution in [2.45, 2.75) is 26.2 Å². The molecule has 0 aliphatic carbocycles. The Bertz CT molecular complexity index is 271. The predicted octanol–water partition coefficient (Wildman–Crippen LogP) is 1.74. The summed E-state index contributed by atoms with van der Waals surface area (Å²) in [6.45, 7) is 9.11. The first-order valence-corrected chi connectivity index (χ1v) is 7.10. The highest BCUT2D eigenvalue weighted by molar-refractivity contribution is 5.86. The molecule has 0 spiro atoms. The quantitative estimate of drug-likeness (QED) is 0.823. The molecule has 0 saturated carbocycles. The van der Waals surface area contributed by atoms with Crippen LogP contribution >= 0.6 is 37.2 Å². The van der Waals surface area contributed by atoms with Gasteiger partial charge in [-0.15, -0.1) is 42.3 Å². The lowest BCUT2D eigenvalue weighted by atomic mass is 9.94. The van der Waals surface area contributed by atoms with Gasteiger partial charge in [-0.25, -0.2) is 0 Å². The summed E-state index contributed by atoms with van der Waals surface area (Å²) >= 11 is 0. The molecule has 5 nitrogen and oxygen atoms in total. The van der Waals surface area contributed by atoms with E-state index < -0.39 is 0 Å². The number of hydrogen-bond donors (Lipinski definition) is 1. The van der Waals surface area contributed by atoms with E-state index in [9.17, 15) is 4.79 Å². The minimum absolute atomic E-state index is 0. The summed E-state index contributed by atoms with van der Waals surface area (Å²) < 4.78 is 0. The van der Waals surface area contributed by atoms with E-state index in [1.807, 2.05) is 5.06 Å². The second kappa shape index (κ2) is 12.7. The molecule has 8 heteroatoms. The van der Waals surface area contributed by atoms with Crippen molar-refractivity contribution in [2.75, 3.05) is 45.8 Å². The Hall–Kier alpha value is 0.220. The summed E-state index contributed by atoms with van der Waals surface area (Å²) in [6, 6.07) is 0. The van der Waals surface area contributed by atoms with Crippen molar-refractivity contribution in [1.29, 1.82) is 0 Å². The van der Waals surface area contributed by atoms with E-state index in [1.54, 1.807) is 0 Å². The van der Waals surface area contributed by atoms with Crippen LogP contribution in [-0.4, -0.2) is 61.7 Å². The molecule has 1 N–H and O–H groups in total. The first-order valence-electron chi connectivity index (χ1n) is 7.10. The van der Waals surface area contributed by atoms with Crippen LogP contribution in [0.25, 0.3) is 0 Å². The molecule has 0 aromatic heterocycles. The van der Waals surface area contributed by atoms with Gasteiger partial charge in [-0.05, 0) is 31.7 Å². The highest BCUT2D eigenvalue weighted by atomic mass is 35.5. The zero-order valence-corrected chi connectivity index (χ0v) is 15.0. The van der Waals surface area contributed by atoms with Gasteiger partial charge < -0.3 is 15.1 Å². The van der Waals surface area contributed by atoms with Crippen LogP contribution in [0.5, 0.6) is 0 Å². The molecule has 0 bridgehead atoms. The van der Waals surface area contributed by atoms with Gasteiger partial charge in [0.1, 0.15) is 0 Å². The summed E-state index contributed by atoms with van der Waals surface area (Å²) in [5.74, 6) is 0.598. The van der Waals surface area contributed by atoms with Crippen molar-refractivity contribution in [3.63, 3.8) is 0 Å². The third kappa shape index (κ3) is 9.06. The molecule has 0 atom stereocenters. The smallest absolute Gasteiger partial charge is 0.322 e. The van der Waals surface area contributed by atoms with Crippen molar-refractivity contribution in [3.05, 3.63) is 0 Å². The van der Waals surface area contributed by atoms with Crippen LogP contribution in [-0.2, 0) is 9.63 Å². The van der Waals surface area contributed by atoms with Gasteiger partial charge >= 0.3 is 5.97 Å². The van der Waals surface area contributed by atoms with Crippen molar-refractivity contribution in [1.82, 2.24) is 15.3 Å². The van der Waals surface area contributed by atoms with Crippen LogP contribution in [0.4, 0.5) is 0 Å². The third-order valence-corrected chi connectivity index (χ3v) is 3.89. The summed E-state index contributed by atoms with van der Waals surface area (Å²) in [7, 11) is 0. The van der Waals surface area contributed by atoms with Crippen LogP contribution in [0.15, 0.2) is 0 Å².